The SMILES string of the molecule is Clc1ccc(C(CBr)Cc2ccccc2)c(Cl)c1. The molecule has 0 fully saturated rings. The fraction of sp³-hybridized carbons (Fsp3) is 0.200. The lowest BCUT2D eigenvalue weighted by Gasteiger charge is -2.16. The highest BCUT2D eigenvalue weighted by molar-refractivity contribution is 9.09. The molecule has 0 saturated carbocycles. The number of rotatable bonds is 4. The molecule has 3 heteroatoms. The lowest BCUT2D eigenvalue weighted by molar-refractivity contribution is 0.776. The first kappa shape index (κ1) is 13.9. The highest BCUT2D eigenvalue weighted by Crippen LogP contribution is 2.31. The summed E-state index contributed by atoms with van der Waals surface area (Å²) in [5.74, 6) is 0.358. The molecule has 0 bridgehead atoms. The molecule has 1 unspecified atom stereocenters. The number of hydrogen-bond donors (Lipinski definition) is 0. The van der Waals surface area contributed by atoms with E-state index in [4.69, 9.17) is 23.2 Å². The predicted molar refractivity (Wildman–Crippen MR) is 83.1 cm³/mol. The molecule has 0 nitrogen and oxygen atoms in total. The summed E-state index contributed by atoms with van der Waals surface area (Å²) in [6.07, 6.45) is 0.966. The Morgan fingerprint density at radius 2 is 1.72 bits per heavy atom. The first-order chi connectivity index (χ1) is 8.70. The molecular formula is C15H13BrCl2. The second-order valence-electron chi connectivity index (χ2n) is 4.21. The minimum atomic E-state index is 0.358. The third-order valence-electron chi connectivity index (χ3n) is 2.91. The van der Waals surface area contributed by atoms with E-state index in [-0.39, 0.29) is 0 Å². The van der Waals surface area contributed by atoms with Crippen LogP contribution in [-0.4, -0.2) is 5.33 Å². The first-order valence-electron chi connectivity index (χ1n) is 5.75. The Balaban J connectivity index is 2.23. The van der Waals surface area contributed by atoms with Crippen LogP contribution in [0.15, 0.2) is 48.5 Å². The van der Waals surface area contributed by atoms with Crippen LogP contribution in [0.3, 0.4) is 0 Å². The summed E-state index contributed by atoms with van der Waals surface area (Å²) in [6, 6.07) is 16.1. The van der Waals surface area contributed by atoms with E-state index in [0.29, 0.717) is 10.9 Å². The quantitative estimate of drug-likeness (QED) is 0.623. The van der Waals surface area contributed by atoms with Crippen LogP contribution in [0.2, 0.25) is 10.0 Å². The van der Waals surface area contributed by atoms with Gasteiger partial charge in [-0.2, -0.15) is 0 Å². The standard InChI is InChI=1S/C15H13BrCl2/c16-10-12(8-11-4-2-1-3-5-11)14-7-6-13(17)9-15(14)18/h1-7,9,12H,8,10H2. The molecule has 0 aliphatic heterocycles. The largest absolute Gasteiger partial charge is 0.0921 e. The van der Waals surface area contributed by atoms with Crippen molar-refractivity contribution >= 4 is 39.1 Å². The normalized spacial score (nSPS) is 12.4. The van der Waals surface area contributed by atoms with E-state index in [9.17, 15) is 0 Å². The lowest BCUT2D eigenvalue weighted by Crippen LogP contribution is -2.05. The van der Waals surface area contributed by atoms with Crippen molar-refractivity contribution in [3.8, 4) is 0 Å². The van der Waals surface area contributed by atoms with E-state index < -0.39 is 0 Å². The molecule has 18 heavy (non-hydrogen) atoms. The molecule has 0 heterocycles. The number of halogens is 3. The summed E-state index contributed by atoms with van der Waals surface area (Å²) in [5.41, 5.74) is 2.45. The molecular weight excluding hydrogens is 331 g/mol. The molecule has 0 radical (unpaired) electrons. The average Bonchev–Trinajstić information content (AvgIpc) is 2.38. The zero-order valence-electron chi connectivity index (χ0n) is 9.74. The summed E-state index contributed by atoms with van der Waals surface area (Å²) in [4.78, 5) is 0. The van der Waals surface area contributed by atoms with Gasteiger partial charge in [-0.25, -0.2) is 0 Å². The van der Waals surface area contributed by atoms with Crippen LogP contribution < -0.4 is 0 Å². The van der Waals surface area contributed by atoms with Gasteiger partial charge in [0.2, 0.25) is 0 Å². The molecule has 0 N–H and O–H groups in total. The van der Waals surface area contributed by atoms with Crippen LogP contribution in [0.1, 0.15) is 17.0 Å². The topological polar surface area (TPSA) is 0 Å². The van der Waals surface area contributed by atoms with Gasteiger partial charge in [-0.1, -0.05) is 75.5 Å². The highest BCUT2D eigenvalue weighted by atomic mass is 79.9. The van der Waals surface area contributed by atoms with Gasteiger partial charge < -0.3 is 0 Å². The first-order valence-corrected chi connectivity index (χ1v) is 7.63. The molecule has 94 valence electrons. The number of benzene rings is 2. The Labute approximate surface area is 126 Å². The molecule has 2 aromatic rings. The van der Waals surface area contributed by atoms with Crippen molar-refractivity contribution in [1.29, 1.82) is 0 Å². The molecule has 0 aliphatic carbocycles. The van der Waals surface area contributed by atoms with Crippen LogP contribution in [0, 0.1) is 0 Å². The van der Waals surface area contributed by atoms with Crippen molar-refractivity contribution in [1.82, 2.24) is 0 Å². The number of alkyl halides is 1. The van der Waals surface area contributed by atoms with Crippen LogP contribution in [0.25, 0.3) is 0 Å². The Bertz CT molecular complexity index is 511. The van der Waals surface area contributed by atoms with E-state index in [1.165, 1.54) is 5.56 Å². The Morgan fingerprint density at radius 1 is 1.00 bits per heavy atom. The maximum absolute atomic E-state index is 6.26. The third-order valence-corrected chi connectivity index (χ3v) is 4.26. The summed E-state index contributed by atoms with van der Waals surface area (Å²) >= 11 is 15.8. The lowest BCUT2D eigenvalue weighted by atomic mass is 9.94. The van der Waals surface area contributed by atoms with Crippen molar-refractivity contribution < 1.29 is 0 Å². The molecule has 0 amide bonds. The maximum atomic E-state index is 6.26. The number of hydrogen-bond acceptors (Lipinski definition) is 0. The van der Waals surface area contributed by atoms with Gasteiger partial charge in [-0.15, -0.1) is 0 Å². The van der Waals surface area contributed by atoms with Crippen LogP contribution in [-0.2, 0) is 6.42 Å². The second-order valence-corrected chi connectivity index (χ2v) is 5.70. The Hall–Kier alpha value is -0.500. The summed E-state index contributed by atoms with van der Waals surface area (Å²) in [6.45, 7) is 0. The van der Waals surface area contributed by atoms with Crippen molar-refractivity contribution in [3.63, 3.8) is 0 Å². The summed E-state index contributed by atoms with van der Waals surface area (Å²) < 4.78 is 0. The van der Waals surface area contributed by atoms with E-state index >= 15 is 0 Å². The Morgan fingerprint density at radius 3 is 2.33 bits per heavy atom. The van der Waals surface area contributed by atoms with Gasteiger partial charge in [0, 0.05) is 15.4 Å². The monoisotopic (exact) mass is 342 g/mol. The van der Waals surface area contributed by atoms with Gasteiger partial charge in [0.15, 0.2) is 0 Å². The Kier molecular flexibility index (Phi) is 5.11. The van der Waals surface area contributed by atoms with Crippen molar-refractivity contribution in [2.24, 2.45) is 0 Å². The highest BCUT2D eigenvalue weighted by Gasteiger charge is 2.14. The van der Waals surface area contributed by atoms with Gasteiger partial charge in [-0.3, -0.25) is 0 Å². The van der Waals surface area contributed by atoms with E-state index in [1.54, 1.807) is 6.07 Å². The smallest absolute Gasteiger partial charge is 0.0456 e. The van der Waals surface area contributed by atoms with Gasteiger partial charge in [-0.05, 0) is 35.6 Å². The van der Waals surface area contributed by atoms with Gasteiger partial charge in [0.25, 0.3) is 0 Å². The average molecular weight is 344 g/mol. The van der Waals surface area contributed by atoms with Crippen molar-refractivity contribution in [3.05, 3.63) is 69.7 Å². The van der Waals surface area contributed by atoms with Crippen LogP contribution >= 0.6 is 39.1 Å². The van der Waals surface area contributed by atoms with Crippen LogP contribution in [0.4, 0.5) is 0 Å². The fourth-order valence-corrected chi connectivity index (χ4v) is 3.12. The maximum Gasteiger partial charge on any atom is 0.0456 e. The fourth-order valence-electron chi connectivity index (χ4n) is 1.98. The van der Waals surface area contributed by atoms with Crippen molar-refractivity contribution in [2.75, 3.05) is 5.33 Å². The summed E-state index contributed by atoms with van der Waals surface area (Å²) in [7, 11) is 0. The summed E-state index contributed by atoms with van der Waals surface area (Å²) in [5, 5.41) is 2.29. The second kappa shape index (κ2) is 6.60. The van der Waals surface area contributed by atoms with Crippen LogP contribution in [0.5, 0.6) is 0 Å². The van der Waals surface area contributed by atoms with Gasteiger partial charge in [0.1, 0.15) is 0 Å². The van der Waals surface area contributed by atoms with Gasteiger partial charge in [0.05, 0.1) is 0 Å². The molecule has 2 rings (SSSR count). The van der Waals surface area contributed by atoms with Crippen molar-refractivity contribution in [2.45, 2.75) is 12.3 Å². The van der Waals surface area contributed by atoms with E-state index in [2.05, 4.69) is 40.2 Å². The van der Waals surface area contributed by atoms with E-state index in [0.717, 1.165) is 22.3 Å². The molecule has 0 aromatic heterocycles. The minimum Gasteiger partial charge on any atom is -0.0921 e. The minimum absolute atomic E-state index is 0.358. The third kappa shape index (κ3) is 3.50. The molecule has 0 aliphatic rings. The van der Waals surface area contributed by atoms with Gasteiger partial charge >= 0.3 is 0 Å². The predicted octanol–water partition coefficient (Wildman–Crippen LogP) is 5.71. The van der Waals surface area contributed by atoms with E-state index in [1.807, 2.05) is 18.2 Å². The zero-order valence-corrected chi connectivity index (χ0v) is 12.8. The molecule has 1 atom stereocenters. The zero-order chi connectivity index (χ0) is 13.0. The molecule has 2 aromatic carbocycles. The molecule has 0 saturated heterocycles. The molecule has 0 spiro atoms.